The molecule has 2 aromatic heterocycles. The molecule has 2 unspecified atom stereocenters. The maximum atomic E-state index is 11.0. The maximum absolute atomic E-state index is 11.0. The fourth-order valence-corrected chi connectivity index (χ4v) is 4.67. The van der Waals surface area contributed by atoms with Crippen molar-refractivity contribution in [1.82, 2.24) is 9.55 Å². The average Bonchev–Trinajstić information content (AvgIpc) is 3.18. The number of nitriles is 1. The highest BCUT2D eigenvalue weighted by Gasteiger charge is 2.59. The summed E-state index contributed by atoms with van der Waals surface area (Å²) in [6, 6.07) is 7.36. The Balaban J connectivity index is 1.86. The largest absolute Gasteiger partial charge is 0.494 e. The molecule has 1 fully saturated rings. The van der Waals surface area contributed by atoms with Crippen molar-refractivity contribution in [3.05, 3.63) is 47.3 Å². The van der Waals surface area contributed by atoms with Crippen LogP contribution in [0.4, 0.5) is 0 Å². The third kappa shape index (κ3) is 1.61. The Morgan fingerprint density at radius 2 is 1.73 bits per heavy atom. The van der Waals surface area contributed by atoms with Crippen molar-refractivity contribution >= 4 is 10.8 Å². The number of pyridine rings is 1. The van der Waals surface area contributed by atoms with E-state index in [1.807, 2.05) is 13.8 Å². The maximum Gasteiger partial charge on any atom is 0.205 e. The second-order valence-electron chi connectivity index (χ2n) is 7.46. The number of fused-ring (bicyclic) bond motifs is 6. The molecule has 2 aliphatic rings. The van der Waals surface area contributed by atoms with E-state index < -0.39 is 11.2 Å². The molecule has 4 heterocycles. The normalized spacial score (nSPS) is 26.2. The molecule has 1 aromatic carbocycles. The SMILES string of the molecule is CC12CCC(C)(O1)c1c2c(O)n(-c2ccc(C#N)c3cnccc23)c1O. The number of rotatable bonds is 1. The van der Waals surface area contributed by atoms with Gasteiger partial charge in [0.05, 0.1) is 39.6 Å². The van der Waals surface area contributed by atoms with Crippen LogP contribution in [-0.4, -0.2) is 19.8 Å². The van der Waals surface area contributed by atoms with Gasteiger partial charge in [-0.2, -0.15) is 5.26 Å². The lowest BCUT2D eigenvalue weighted by Crippen LogP contribution is -2.17. The fraction of sp³-hybridized carbons (Fsp3) is 0.300. The van der Waals surface area contributed by atoms with Gasteiger partial charge in [0, 0.05) is 23.2 Å². The van der Waals surface area contributed by atoms with E-state index in [0.717, 1.165) is 18.2 Å². The predicted octanol–water partition coefficient (Wildman–Crippen LogP) is 3.56. The molecule has 0 amide bonds. The van der Waals surface area contributed by atoms with Crippen molar-refractivity contribution < 1.29 is 14.9 Å². The Morgan fingerprint density at radius 3 is 2.35 bits per heavy atom. The molecule has 1 saturated heterocycles. The molecule has 0 aliphatic carbocycles. The van der Waals surface area contributed by atoms with Crippen LogP contribution >= 0.6 is 0 Å². The summed E-state index contributed by atoms with van der Waals surface area (Å²) in [7, 11) is 0. The van der Waals surface area contributed by atoms with Crippen LogP contribution in [0.25, 0.3) is 16.5 Å². The highest BCUT2D eigenvalue weighted by atomic mass is 16.5. The molecule has 130 valence electrons. The second-order valence-corrected chi connectivity index (χ2v) is 7.46. The van der Waals surface area contributed by atoms with Gasteiger partial charge in [-0.15, -0.1) is 0 Å². The van der Waals surface area contributed by atoms with Gasteiger partial charge in [0.2, 0.25) is 11.8 Å². The van der Waals surface area contributed by atoms with Crippen molar-refractivity contribution in [2.45, 2.75) is 37.9 Å². The highest BCUT2D eigenvalue weighted by molar-refractivity contribution is 5.94. The Labute approximate surface area is 149 Å². The van der Waals surface area contributed by atoms with Crippen molar-refractivity contribution in [2.75, 3.05) is 0 Å². The monoisotopic (exact) mass is 347 g/mol. The molecule has 3 aromatic rings. The fourth-order valence-electron chi connectivity index (χ4n) is 4.67. The van der Waals surface area contributed by atoms with Crippen LogP contribution in [0.15, 0.2) is 30.6 Å². The molecule has 0 radical (unpaired) electrons. The number of ether oxygens (including phenoxy) is 1. The zero-order valence-electron chi connectivity index (χ0n) is 14.4. The summed E-state index contributed by atoms with van der Waals surface area (Å²) in [5.41, 5.74) is 1.24. The average molecular weight is 347 g/mol. The van der Waals surface area contributed by atoms with Crippen LogP contribution < -0.4 is 0 Å². The predicted molar refractivity (Wildman–Crippen MR) is 94.1 cm³/mol. The van der Waals surface area contributed by atoms with Gasteiger partial charge >= 0.3 is 0 Å². The number of aromatic nitrogens is 2. The van der Waals surface area contributed by atoms with E-state index in [2.05, 4.69) is 11.1 Å². The van der Waals surface area contributed by atoms with Gasteiger partial charge in [-0.25, -0.2) is 0 Å². The number of aromatic hydroxyl groups is 2. The van der Waals surface area contributed by atoms with E-state index >= 15 is 0 Å². The minimum Gasteiger partial charge on any atom is -0.494 e. The lowest BCUT2D eigenvalue weighted by molar-refractivity contribution is -0.0683. The van der Waals surface area contributed by atoms with Crippen LogP contribution in [0.1, 0.15) is 43.4 Å². The first-order valence-electron chi connectivity index (χ1n) is 8.54. The van der Waals surface area contributed by atoms with Crippen LogP contribution in [0.5, 0.6) is 11.8 Å². The molecule has 6 heteroatoms. The van der Waals surface area contributed by atoms with Crippen molar-refractivity contribution in [1.29, 1.82) is 5.26 Å². The number of nitrogens with zero attached hydrogens (tertiary/aromatic N) is 3. The summed E-state index contributed by atoms with van der Waals surface area (Å²) < 4.78 is 7.60. The van der Waals surface area contributed by atoms with Crippen LogP contribution in [0.3, 0.4) is 0 Å². The van der Waals surface area contributed by atoms with Crippen LogP contribution in [0, 0.1) is 11.3 Å². The second kappa shape index (κ2) is 4.57. The Bertz CT molecular complexity index is 1100. The number of benzene rings is 1. The summed E-state index contributed by atoms with van der Waals surface area (Å²) in [6.07, 6.45) is 4.85. The summed E-state index contributed by atoms with van der Waals surface area (Å²) in [4.78, 5) is 4.10. The number of hydrogen-bond donors (Lipinski definition) is 2. The van der Waals surface area contributed by atoms with Crippen LogP contribution in [0.2, 0.25) is 0 Å². The third-order valence-electron chi connectivity index (χ3n) is 5.86. The molecule has 2 atom stereocenters. The first kappa shape index (κ1) is 15.2. The summed E-state index contributed by atoms with van der Waals surface area (Å²) in [5, 5.41) is 32.8. The zero-order valence-corrected chi connectivity index (χ0v) is 14.4. The Morgan fingerprint density at radius 1 is 1.08 bits per heavy atom. The van der Waals surface area contributed by atoms with Crippen molar-refractivity contribution in [2.24, 2.45) is 0 Å². The van der Waals surface area contributed by atoms with Gasteiger partial charge in [0.25, 0.3) is 0 Å². The highest BCUT2D eigenvalue weighted by Crippen LogP contribution is 2.64. The first-order chi connectivity index (χ1) is 12.4. The van der Waals surface area contributed by atoms with Gasteiger partial charge in [0.1, 0.15) is 0 Å². The molecular formula is C20H17N3O3. The van der Waals surface area contributed by atoms with Crippen molar-refractivity contribution in [3.63, 3.8) is 0 Å². The van der Waals surface area contributed by atoms with Gasteiger partial charge < -0.3 is 14.9 Å². The minimum absolute atomic E-state index is 0.00811. The smallest absolute Gasteiger partial charge is 0.205 e. The van der Waals surface area contributed by atoms with E-state index in [-0.39, 0.29) is 11.8 Å². The van der Waals surface area contributed by atoms with E-state index in [9.17, 15) is 15.5 Å². The topological polar surface area (TPSA) is 91.3 Å². The summed E-state index contributed by atoms with van der Waals surface area (Å²) >= 11 is 0. The zero-order chi connectivity index (χ0) is 18.3. The van der Waals surface area contributed by atoms with Crippen molar-refractivity contribution in [3.8, 4) is 23.5 Å². The summed E-state index contributed by atoms with van der Waals surface area (Å²) in [6.45, 7) is 3.91. The molecule has 2 aliphatic heterocycles. The molecule has 26 heavy (non-hydrogen) atoms. The quantitative estimate of drug-likeness (QED) is 0.702. The molecule has 6 nitrogen and oxygen atoms in total. The van der Waals surface area contributed by atoms with E-state index in [1.165, 1.54) is 4.57 Å². The molecule has 5 rings (SSSR count). The van der Waals surface area contributed by atoms with E-state index in [1.54, 1.807) is 30.6 Å². The van der Waals surface area contributed by atoms with Gasteiger partial charge in [-0.05, 0) is 44.9 Å². The van der Waals surface area contributed by atoms with Gasteiger partial charge in [-0.3, -0.25) is 9.55 Å². The molecular weight excluding hydrogens is 330 g/mol. The Hall–Kier alpha value is -3.04. The standard InChI is InChI=1S/C20H17N3O3/c1-19-6-7-20(2,26-19)16-15(19)17(24)23(18(16)25)14-4-3-11(9-21)13-10-22-8-5-12(13)14/h3-5,8,10,24-25H,6-7H2,1-2H3. The summed E-state index contributed by atoms with van der Waals surface area (Å²) in [5.74, 6) is -0.0162. The Kier molecular flexibility index (Phi) is 2.68. The molecule has 2 bridgehead atoms. The third-order valence-corrected chi connectivity index (χ3v) is 5.86. The first-order valence-corrected chi connectivity index (χ1v) is 8.54. The molecule has 2 N–H and O–H groups in total. The van der Waals surface area contributed by atoms with E-state index in [4.69, 9.17) is 4.74 Å². The van der Waals surface area contributed by atoms with E-state index in [0.29, 0.717) is 27.8 Å². The molecule has 0 spiro atoms. The molecule has 0 saturated carbocycles. The van der Waals surface area contributed by atoms with Gasteiger partial charge in [0.15, 0.2) is 0 Å². The lowest BCUT2D eigenvalue weighted by Gasteiger charge is -2.21. The lowest BCUT2D eigenvalue weighted by atomic mass is 9.80. The minimum atomic E-state index is -0.596. The van der Waals surface area contributed by atoms with Crippen LogP contribution in [-0.2, 0) is 15.9 Å². The number of hydrogen-bond acceptors (Lipinski definition) is 5. The van der Waals surface area contributed by atoms with Gasteiger partial charge in [-0.1, -0.05) is 0 Å².